The molecule has 0 bridgehead atoms. The average molecular weight is 376 g/mol. The maximum Gasteiger partial charge on any atom is 0.229 e. The van der Waals surface area contributed by atoms with Crippen molar-refractivity contribution in [3.63, 3.8) is 0 Å². The van der Waals surface area contributed by atoms with Crippen LogP contribution in [0.1, 0.15) is 6.42 Å². The van der Waals surface area contributed by atoms with Crippen molar-refractivity contribution < 1.29 is 14.3 Å². The van der Waals surface area contributed by atoms with E-state index in [-0.39, 0.29) is 18.2 Å². The Hall–Kier alpha value is -3.61. The molecule has 0 spiro atoms. The molecule has 28 heavy (non-hydrogen) atoms. The minimum Gasteiger partial charge on any atom is -0.497 e. The van der Waals surface area contributed by atoms with E-state index >= 15 is 0 Å². The van der Waals surface area contributed by atoms with Gasteiger partial charge in [-0.25, -0.2) is 0 Å². The molecular weight excluding hydrogens is 356 g/mol. The van der Waals surface area contributed by atoms with Gasteiger partial charge in [-0.2, -0.15) is 5.10 Å². The number of nitrogens with zero attached hydrogens (tertiary/aromatic N) is 2. The van der Waals surface area contributed by atoms with Crippen LogP contribution in [0.15, 0.2) is 60.8 Å². The van der Waals surface area contributed by atoms with E-state index in [1.807, 2.05) is 48.5 Å². The van der Waals surface area contributed by atoms with Crippen LogP contribution in [0.5, 0.6) is 5.75 Å². The van der Waals surface area contributed by atoms with Crippen LogP contribution in [0.3, 0.4) is 0 Å². The first-order valence-electron chi connectivity index (χ1n) is 8.99. The Bertz CT molecular complexity index is 983. The smallest absolute Gasteiger partial charge is 0.229 e. The van der Waals surface area contributed by atoms with Crippen LogP contribution in [0.25, 0.3) is 11.3 Å². The highest BCUT2D eigenvalue weighted by molar-refractivity contribution is 6.03. The fourth-order valence-corrected chi connectivity index (χ4v) is 3.31. The Morgan fingerprint density at radius 3 is 2.75 bits per heavy atom. The summed E-state index contributed by atoms with van der Waals surface area (Å²) in [6.07, 6.45) is 1.88. The molecule has 2 aromatic carbocycles. The predicted octanol–water partition coefficient (Wildman–Crippen LogP) is 3.08. The maximum atomic E-state index is 12.6. The van der Waals surface area contributed by atoms with Crippen molar-refractivity contribution in [2.45, 2.75) is 6.42 Å². The van der Waals surface area contributed by atoms with Crippen LogP contribution < -0.4 is 15.0 Å². The van der Waals surface area contributed by atoms with Crippen molar-refractivity contribution in [3.8, 4) is 17.0 Å². The van der Waals surface area contributed by atoms with Crippen molar-refractivity contribution in [1.82, 2.24) is 10.2 Å². The van der Waals surface area contributed by atoms with Gasteiger partial charge in [0, 0.05) is 36.6 Å². The number of carbonyl (C=O) groups excluding carboxylic acids is 2. The molecule has 3 aromatic rings. The zero-order valence-corrected chi connectivity index (χ0v) is 15.4. The van der Waals surface area contributed by atoms with Crippen LogP contribution in [0.2, 0.25) is 0 Å². The monoisotopic (exact) mass is 376 g/mol. The first-order chi connectivity index (χ1) is 13.6. The second-order valence-corrected chi connectivity index (χ2v) is 6.64. The molecule has 1 aliphatic heterocycles. The number of ether oxygens (including phenoxy) is 1. The number of aromatic amines is 1. The molecule has 2 heterocycles. The van der Waals surface area contributed by atoms with E-state index in [1.165, 1.54) is 0 Å². The molecule has 0 saturated carbocycles. The van der Waals surface area contributed by atoms with E-state index in [2.05, 4.69) is 15.5 Å². The average Bonchev–Trinajstić information content (AvgIpc) is 3.39. The third-order valence-electron chi connectivity index (χ3n) is 4.83. The number of nitrogens with one attached hydrogen (secondary N) is 2. The number of hydrogen-bond acceptors (Lipinski definition) is 4. The second kappa shape index (κ2) is 7.56. The standard InChI is InChI=1S/C21H20N4O3/c1-28-18-4-2-3-17(12-18)25-13-15(11-20(25)26)21(27)23-16-7-5-14(6-8-16)19-9-10-22-24-19/h2-10,12,15H,11,13H2,1H3,(H,22,24)(H,23,27). The summed E-state index contributed by atoms with van der Waals surface area (Å²) >= 11 is 0. The topological polar surface area (TPSA) is 87.3 Å². The SMILES string of the molecule is COc1cccc(N2CC(C(=O)Nc3ccc(-c4ccn[nH]4)cc3)CC2=O)c1. The van der Waals surface area contributed by atoms with Crippen LogP contribution in [0, 0.1) is 5.92 Å². The first kappa shape index (κ1) is 17.8. The number of aromatic nitrogens is 2. The lowest BCUT2D eigenvalue weighted by Gasteiger charge is -2.17. The second-order valence-electron chi connectivity index (χ2n) is 6.64. The van der Waals surface area contributed by atoms with E-state index in [1.54, 1.807) is 24.3 Å². The number of hydrogen-bond donors (Lipinski definition) is 2. The molecule has 2 N–H and O–H groups in total. The number of benzene rings is 2. The largest absolute Gasteiger partial charge is 0.497 e. The van der Waals surface area contributed by atoms with E-state index < -0.39 is 5.92 Å². The molecule has 1 aliphatic rings. The van der Waals surface area contributed by atoms with Gasteiger partial charge >= 0.3 is 0 Å². The third kappa shape index (κ3) is 3.59. The molecule has 0 radical (unpaired) electrons. The molecule has 2 amide bonds. The molecule has 1 fully saturated rings. The lowest BCUT2D eigenvalue weighted by molar-refractivity contribution is -0.122. The van der Waals surface area contributed by atoms with Gasteiger partial charge in [0.25, 0.3) is 0 Å². The van der Waals surface area contributed by atoms with Gasteiger partial charge in [-0.05, 0) is 35.9 Å². The van der Waals surface area contributed by atoms with Crippen molar-refractivity contribution in [2.24, 2.45) is 5.92 Å². The molecule has 142 valence electrons. The number of rotatable bonds is 5. The lowest BCUT2D eigenvalue weighted by Crippen LogP contribution is -2.28. The van der Waals surface area contributed by atoms with Gasteiger partial charge in [0.15, 0.2) is 0 Å². The third-order valence-corrected chi connectivity index (χ3v) is 4.83. The molecular formula is C21H20N4O3. The van der Waals surface area contributed by atoms with Crippen molar-refractivity contribution >= 4 is 23.2 Å². The number of amides is 2. The normalized spacial score (nSPS) is 16.2. The van der Waals surface area contributed by atoms with Gasteiger partial charge < -0.3 is 15.0 Å². The van der Waals surface area contributed by atoms with Crippen LogP contribution >= 0.6 is 0 Å². The van der Waals surface area contributed by atoms with Crippen molar-refractivity contribution in [2.75, 3.05) is 23.9 Å². The van der Waals surface area contributed by atoms with E-state index in [9.17, 15) is 9.59 Å². The maximum absolute atomic E-state index is 12.6. The van der Waals surface area contributed by atoms with Gasteiger partial charge in [0.2, 0.25) is 11.8 Å². The summed E-state index contributed by atoms with van der Waals surface area (Å²) in [5.41, 5.74) is 3.33. The zero-order chi connectivity index (χ0) is 19.5. The van der Waals surface area contributed by atoms with Crippen LogP contribution in [-0.2, 0) is 9.59 Å². The fraction of sp³-hybridized carbons (Fsp3) is 0.190. The molecule has 1 saturated heterocycles. The van der Waals surface area contributed by atoms with E-state index in [0.717, 1.165) is 16.9 Å². The summed E-state index contributed by atoms with van der Waals surface area (Å²) in [5.74, 6) is 0.0533. The molecule has 0 aliphatic carbocycles. The summed E-state index contributed by atoms with van der Waals surface area (Å²) in [4.78, 5) is 26.7. The highest BCUT2D eigenvalue weighted by Crippen LogP contribution is 2.28. The summed E-state index contributed by atoms with van der Waals surface area (Å²) in [6.45, 7) is 0.351. The van der Waals surface area contributed by atoms with E-state index in [0.29, 0.717) is 18.0 Å². The molecule has 1 unspecified atom stereocenters. The number of H-pyrrole nitrogens is 1. The minimum absolute atomic E-state index is 0.0667. The van der Waals surface area contributed by atoms with Gasteiger partial charge in [-0.3, -0.25) is 14.7 Å². The lowest BCUT2D eigenvalue weighted by atomic mass is 10.1. The minimum atomic E-state index is -0.397. The zero-order valence-electron chi connectivity index (χ0n) is 15.4. The van der Waals surface area contributed by atoms with Gasteiger partial charge in [-0.1, -0.05) is 18.2 Å². The molecule has 1 aromatic heterocycles. The predicted molar refractivity (Wildman–Crippen MR) is 106 cm³/mol. The summed E-state index contributed by atoms with van der Waals surface area (Å²) in [6, 6.07) is 16.7. The van der Waals surface area contributed by atoms with Crippen LogP contribution in [-0.4, -0.2) is 35.7 Å². The highest BCUT2D eigenvalue weighted by Gasteiger charge is 2.35. The number of carbonyl (C=O) groups is 2. The quantitative estimate of drug-likeness (QED) is 0.716. The van der Waals surface area contributed by atoms with Crippen molar-refractivity contribution in [3.05, 3.63) is 60.8 Å². The molecule has 1 atom stereocenters. The summed E-state index contributed by atoms with van der Waals surface area (Å²) in [7, 11) is 1.58. The molecule has 7 nitrogen and oxygen atoms in total. The summed E-state index contributed by atoms with van der Waals surface area (Å²) < 4.78 is 5.22. The Morgan fingerprint density at radius 2 is 2.04 bits per heavy atom. The van der Waals surface area contributed by atoms with Gasteiger partial charge in [0.05, 0.1) is 18.7 Å². The highest BCUT2D eigenvalue weighted by atomic mass is 16.5. The van der Waals surface area contributed by atoms with Gasteiger partial charge in [0.1, 0.15) is 5.75 Å². The Labute approximate surface area is 162 Å². The molecule has 7 heteroatoms. The number of anilines is 2. The van der Waals surface area contributed by atoms with Crippen molar-refractivity contribution in [1.29, 1.82) is 0 Å². The summed E-state index contributed by atoms with van der Waals surface area (Å²) in [5, 5.41) is 9.74. The first-order valence-corrected chi connectivity index (χ1v) is 8.99. The Kier molecular flexibility index (Phi) is 4.80. The molecule has 4 rings (SSSR count). The van der Waals surface area contributed by atoms with E-state index in [4.69, 9.17) is 4.74 Å². The van der Waals surface area contributed by atoms with Gasteiger partial charge in [-0.15, -0.1) is 0 Å². The Balaban J connectivity index is 1.42. The van der Waals surface area contributed by atoms with Crippen LogP contribution in [0.4, 0.5) is 11.4 Å². The fourth-order valence-electron chi connectivity index (χ4n) is 3.31. The Morgan fingerprint density at radius 1 is 1.21 bits per heavy atom. The number of methoxy groups -OCH3 is 1.